The second-order valence-corrected chi connectivity index (χ2v) is 6.49. The second kappa shape index (κ2) is 7.12. The zero-order valence-electron chi connectivity index (χ0n) is 13.1. The van der Waals surface area contributed by atoms with Gasteiger partial charge in [-0.15, -0.1) is 0 Å². The molecule has 0 aliphatic heterocycles. The molecule has 0 unspecified atom stereocenters. The largest absolute Gasteiger partial charge is 0.251 e. The summed E-state index contributed by atoms with van der Waals surface area (Å²) in [4.78, 5) is 7.91. The minimum atomic E-state index is -0.393. The van der Waals surface area contributed by atoms with Crippen LogP contribution in [0.2, 0.25) is 0 Å². The molecule has 0 radical (unpaired) electrons. The maximum atomic E-state index is 14.2. The Morgan fingerprint density at radius 2 is 1.87 bits per heavy atom. The third kappa shape index (κ3) is 3.72. The van der Waals surface area contributed by atoms with Crippen LogP contribution in [0.15, 0.2) is 41.5 Å². The molecule has 1 fully saturated rings. The zero-order valence-corrected chi connectivity index (χ0v) is 13.9. The zero-order chi connectivity index (χ0) is 16.2. The number of nitrogens with zero attached hydrogens (tertiary/aromatic N) is 2. The molecule has 0 N–H and O–H groups in total. The number of hydrogen-bond donors (Lipinski definition) is 0. The lowest BCUT2D eigenvalue weighted by Gasteiger charge is -2.26. The second-order valence-electron chi connectivity index (χ2n) is 6.31. The number of isothiocyanates is 1. The Labute approximate surface area is 141 Å². The highest BCUT2D eigenvalue weighted by Crippen LogP contribution is 2.36. The van der Waals surface area contributed by atoms with Crippen molar-refractivity contribution in [1.29, 1.82) is 0 Å². The van der Waals surface area contributed by atoms with Crippen LogP contribution >= 0.6 is 12.2 Å². The highest BCUT2D eigenvalue weighted by molar-refractivity contribution is 7.78. The molecule has 0 saturated heterocycles. The summed E-state index contributed by atoms with van der Waals surface area (Å²) in [6.07, 6.45) is 6.60. The van der Waals surface area contributed by atoms with E-state index < -0.39 is 5.82 Å². The predicted molar refractivity (Wildman–Crippen MR) is 94.7 cm³/mol. The lowest BCUT2D eigenvalue weighted by Crippen LogP contribution is -2.10. The van der Waals surface area contributed by atoms with E-state index in [4.69, 9.17) is 0 Å². The van der Waals surface area contributed by atoms with E-state index in [-0.39, 0.29) is 0 Å². The third-order valence-electron chi connectivity index (χ3n) is 4.67. The minimum absolute atomic E-state index is 0.345. The molecule has 118 valence electrons. The smallest absolute Gasteiger partial charge is 0.151 e. The summed E-state index contributed by atoms with van der Waals surface area (Å²) in [5, 5.41) is 2.22. The highest BCUT2D eigenvalue weighted by atomic mass is 32.1. The minimum Gasteiger partial charge on any atom is -0.251 e. The fourth-order valence-electron chi connectivity index (χ4n) is 3.26. The molecular formula is C19H19FN2S. The number of halogens is 1. The van der Waals surface area contributed by atoms with Gasteiger partial charge in [-0.05, 0) is 42.5 Å². The Morgan fingerprint density at radius 3 is 2.48 bits per heavy atom. The van der Waals surface area contributed by atoms with Crippen molar-refractivity contribution in [2.75, 3.05) is 0 Å². The molecule has 0 amide bonds. The maximum Gasteiger partial charge on any atom is 0.151 e. The van der Waals surface area contributed by atoms with E-state index in [0.717, 1.165) is 11.5 Å². The van der Waals surface area contributed by atoms with E-state index >= 15 is 0 Å². The molecule has 1 aromatic heterocycles. The quantitative estimate of drug-likeness (QED) is 0.517. The van der Waals surface area contributed by atoms with Crippen molar-refractivity contribution in [3.63, 3.8) is 0 Å². The van der Waals surface area contributed by atoms with Crippen LogP contribution < -0.4 is 0 Å². The molecule has 1 aromatic carbocycles. The first-order chi connectivity index (χ1) is 11.2. The van der Waals surface area contributed by atoms with Crippen molar-refractivity contribution in [3.8, 4) is 11.3 Å². The highest BCUT2D eigenvalue weighted by Gasteiger charge is 2.19. The lowest BCUT2D eigenvalue weighted by molar-refractivity contribution is 0.348. The third-order valence-corrected chi connectivity index (χ3v) is 4.76. The van der Waals surface area contributed by atoms with Gasteiger partial charge >= 0.3 is 0 Å². The van der Waals surface area contributed by atoms with Crippen LogP contribution in [0.4, 0.5) is 10.1 Å². The van der Waals surface area contributed by atoms with Gasteiger partial charge < -0.3 is 0 Å². The summed E-state index contributed by atoms with van der Waals surface area (Å²) >= 11 is 4.52. The Kier molecular flexibility index (Phi) is 4.94. The molecule has 3 rings (SSSR count). The summed E-state index contributed by atoms with van der Waals surface area (Å²) < 4.78 is 14.2. The van der Waals surface area contributed by atoms with Gasteiger partial charge in [-0.3, -0.25) is 4.98 Å². The maximum absolute atomic E-state index is 14.2. The van der Waals surface area contributed by atoms with Crippen LogP contribution in [-0.4, -0.2) is 10.1 Å². The van der Waals surface area contributed by atoms with Crippen molar-refractivity contribution in [2.45, 2.75) is 38.5 Å². The number of pyridine rings is 1. The van der Waals surface area contributed by atoms with E-state index in [1.165, 1.54) is 43.5 Å². The molecule has 1 heterocycles. The van der Waals surface area contributed by atoms with Crippen LogP contribution in [0.3, 0.4) is 0 Å². The number of aliphatic imine (C=N–C) groups is 1. The number of thiocarbonyl (C=S) groups is 1. The molecule has 1 aliphatic rings. The molecule has 4 heteroatoms. The monoisotopic (exact) mass is 326 g/mol. The summed E-state index contributed by atoms with van der Waals surface area (Å²) in [5.41, 5.74) is 2.86. The fraction of sp³-hybridized carbons (Fsp3) is 0.368. The molecule has 2 aromatic rings. The van der Waals surface area contributed by atoms with E-state index in [2.05, 4.69) is 46.4 Å². The molecule has 0 spiro atoms. The number of aromatic nitrogens is 1. The Morgan fingerprint density at radius 1 is 1.17 bits per heavy atom. The van der Waals surface area contributed by atoms with Crippen molar-refractivity contribution >= 4 is 23.1 Å². The van der Waals surface area contributed by atoms with E-state index in [1.807, 2.05) is 12.1 Å². The van der Waals surface area contributed by atoms with Gasteiger partial charge in [0.1, 0.15) is 5.69 Å². The van der Waals surface area contributed by atoms with Gasteiger partial charge in [0.2, 0.25) is 0 Å². The lowest BCUT2D eigenvalue weighted by atomic mass is 9.79. The Balaban J connectivity index is 1.81. The molecule has 1 saturated carbocycles. The SMILES string of the molecule is CC1CCC(c2ccc(-c3ncc(N=C=S)cc3F)cc2)CC1. The first-order valence-electron chi connectivity index (χ1n) is 8.01. The Hall–Kier alpha value is -1.90. The van der Waals surface area contributed by atoms with Gasteiger partial charge in [0.05, 0.1) is 17.0 Å². The van der Waals surface area contributed by atoms with Gasteiger partial charge in [-0.1, -0.05) is 44.0 Å². The van der Waals surface area contributed by atoms with E-state index in [0.29, 0.717) is 17.3 Å². The van der Waals surface area contributed by atoms with Gasteiger partial charge in [0, 0.05) is 11.6 Å². The van der Waals surface area contributed by atoms with Crippen molar-refractivity contribution < 1.29 is 4.39 Å². The fourth-order valence-corrected chi connectivity index (χ4v) is 3.37. The van der Waals surface area contributed by atoms with Crippen LogP contribution in [0.5, 0.6) is 0 Å². The predicted octanol–water partition coefficient (Wildman–Crippen LogP) is 5.92. The van der Waals surface area contributed by atoms with Gasteiger partial charge in [-0.25, -0.2) is 4.39 Å². The van der Waals surface area contributed by atoms with Crippen LogP contribution in [-0.2, 0) is 0 Å². The Bertz CT molecular complexity index is 728. The average Bonchev–Trinajstić information content (AvgIpc) is 2.56. The first-order valence-corrected chi connectivity index (χ1v) is 8.42. The summed E-state index contributed by atoms with van der Waals surface area (Å²) in [6, 6.07) is 9.47. The molecule has 23 heavy (non-hydrogen) atoms. The summed E-state index contributed by atoms with van der Waals surface area (Å²) in [7, 11) is 0. The summed E-state index contributed by atoms with van der Waals surface area (Å²) in [5.74, 6) is 1.09. The molecule has 0 bridgehead atoms. The molecule has 0 atom stereocenters. The van der Waals surface area contributed by atoms with Crippen molar-refractivity contribution in [1.82, 2.24) is 4.98 Å². The molecule has 2 nitrogen and oxygen atoms in total. The van der Waals surface area contributed by atoms with E-state index in [9.17, 15) is 4.39 Å². The molecule has 1 aliphatic carbocycles. The van der Waals surface area contributed by atoms with Gasteiger partial charge in [-0.2, -0.15) is 4.99 Å². The van der Waals surface area contributed by atoms with Crippen LogP contribution in [0.25, 0.3) is 11.3 Å². The molecular weight excluding hydrogens is 307 g/mol. The summed E-state index contributed by atoms with van der Waals surface area (Å²) in [6.45, 7) is 2.32. The van der Waals surface area contributed by atoms with Crippen LogP contribution in [0, 0.1) is 11.7 Å². The first kappa shape index (κ1) is 16.0. The number of benzene rings is 1. The van der Waals surface area contributed by atoms with Crippen molar-refractivity contribution in [3.05, 3.63) is 47.9 Å². The van der Waals surface area contributed by atoms with Crippen molar-refractivity contribution in [2.24, 2.45) is 10.9 Å². The average molecular weight is 326 g/mol. The topological polar surface area (TPSA) is 25.2 Å². The van der Waals surface area contributed by atoms with Crippen LogP contribution in [0.1, 0.15) is 44.1 Å². The number of hydrogen-bond acceptors (Lipinski definition) is 3. The van der Waals surface area contributed by atoms with Gasteiger partial charge in [0.15, 0.2) is 5.82 Å². The van der Waals surface area contributed by atoms with Gasteiger partial charge in [0.25, 0.3) is 0 Å². The standard InChI is InChI=1S/C19H19FN2S/c1-13-2-4-14(5-3-13)15-6-8-16(9-7-15)19-18(20)10-17(11-21-19)22-12-23/h6-11,13-14H,2-5H2,1H3. The normalized spacial score (nSPS) is 20.8. The van der Waals surface area contributed by atoms with E-state index in [1.54, 1.807) is 0 Å². The number of rotatable bonds is 3.